The predicted molar refractivity (Wildman–Crippen MR) is 118 cm³/mol. The second-order valence-electron chi connectivity index (χ2n) is 6.87. The van der Waals surface area contributed by atoms with Crippen LogP contribution in [0.1, 0.15) is 28.8 Å². The molecule has 0 aromatic heterocycles. The average molecular weight is 509 g/mol. The standard InChI is InChI=1S/C22H19BrF2N2O3S/c1-14(15-6-3-2-4-7-15)13-26-22(28)17-11-10-16(23)12-20(17)27-31(29,30)21-18(24)8-5-9-19(21)25/h2-12,14,27H,13H2,1H3,(H,26,28). The van der Waals surface area contributed by atoms with E-state index in [0.717, 1.165) is 23.8 Å². The van der Waals surface area contributed by atoms with Crippen LogP contribution in [0.15, 0.2) is 76.1 Å². The molecule has 0 aliphatic rings. The summed E-state index contributed by atoms with van der Waals surface area (Å²) in [4.78, 5) is 11.6. The average Bonchev–Trinajstić information content (AvgIpc) is 2.72. The summed E-state index contributed by atoms with van der Waals surface area (Å²) in [5.74, 6) is -2.97. The van der Waals surface area contributed by atoms with Gasteiger partial charge in [-0.25, -0.2) is 17.2 Å². The van der Waals surface area contributed by atoms with Crippen LogP contribution in [-0.4, -0.2) is 20.9 Å². The lowest BCUT2D eigenvalue weighted by Crippen LogP contribution is -2.29. The van der Waals surface area contributed by atoms with Crippen molar-refractivity contribution in [2.75, 3.05) is 11.3 Å². The lowest BCUT2D eigenvalue weighted by molar-refractivity contribution is 0.0952. The van der Waals surface area contributed by atoms with Crippen molar-refractivity contribution in [1.82, 2.24) is 5.32 Å². The van der Waals surface area contributed by atoms with Crippen LogP contribution in [0.2, 0.25) is 0 Å². The Balaban J connectivity index is 1.84. The Hall–Kier alpha value is -2.78. The van der Waals surface area contributed by atoms with Crippen LogP contribution in [0.3, 0.4) is 0 Å². The number of rotatable bonds is 7. The Morgan fingerprint density at radius 1 is 1.00 bits per heavy atom. The summed E-state index contributed by atoms with van der Waals surface area (Å²) >= 11 is 3.22. The first-order valence-electron chi connectivity index (χ1n) is 9.28. The van der Waals surface area contributed by atoms with Crippen molar-refractivity contribution >= 4 is 37.5 Å². The zero-order chi connectivity index (χ0) is 22.6. The maximum Gasteiger partial charge on any atom is 0.267 e. The molecule has 3 rings (SSSR count). The highest BCUT2D eigenvalue weighted by Gasteiger charge is 2.26. The van der Waals surface area contributed by atoms with Gasteiger partial charge < -0.3 is 5.32 Å². The fraction of sp³-hybridized carbons (Fsp3) is 0.136. The van der Waals surface area contributed by atoms with E-state index < -0.39 is 32.5 Å². The molecule has 0 radical (unpaired) electrons. The molecule has 0 saturated carbocycles. The molecule has 0 bridgehead atoms. The Bertz CT molecular complexity index is 1180. The van der Waals surface area contributed by atoms with Crippen molar-refractivity contribution in [3.8, 4) is 0 Å². The van der Waals surface area contributed by atoms with Gasteiger partial charge in [-0.15, -0.1) is 0 Å². The molecule has 1 amide bonds. The Labute approximate surface area is 187 Å². The highest BCUT2D eigenvalue weighted by molar-refractivity contribution is 9.10. The summed E-state index contributed by atoms with van der Waals surface area (Å²) in [5, 5.41) is 2.77. The summed E-state index contributed by atoms with van der Waals surface area (Å²) in [6, 6.07) is 16.7. The van der Waals surface area contributed by atoms with E-state index in [4.69, 9.17) is 0 Å². The summed E-state index contributed by atoms with van der Waals surface area (Å²) in [6.45, 7) is 2.26. The van der Waals surface area contributed by atoms with Gasteiger partial charge in [0, 0.05) is 11.0 Å². The molecule has 0 heterocycles. The highest BCUT2D eigenvalue weighted by atomic mass is 79.9. The number of hydrogen-bond acceptors (Lipinski definition) is 3. The first-order chi connectivity index (χ1) is 14.7. The van der Waals surface area contributed by atoms with E-state index in [-0.39, 0.29) is 17.2 Å². The van der Waals surface area contributed by atoms with E-state index in [1.54, 1.807) is 6.07 Å². The van der Waals surface area contributed by atoms with Gasteiger partial charge in [0.2, 0.25) is 0 Å². The number of benzene rings is 3. The molecule has 3 aromatic rings. The van der Waals surface area contributed by atoms with Crippen molar-refractivity contribution in [2.45, 2.75) is 17.7 Å². The predicted octanol–water partition coefficient (Wildman–Crippen LogP) is 5.06. The SMILES string of the molecule is CC(CNC(=O)c1ccc(Br)cc1NS(=O)(=O)c1c(F)cccc1F)c1ccccc1. The number of carbonyl (C=O) groups is 1. The first kappa shape index (κ1) is 22.9. The molecule has 162 valence electrons. The van der Waals surface area contributed by atoms with Crippen molar-refractivity contribution in [1.29, 1.82) is 0 Å². The normalized spacial score (nSPS) is 12.3. The van der Waals surface area contributed by atoms with Gasteiger partial charge in [0.25, 0.3) is 15.9 Å². The van der Waals surface area contributed by atoms with Gasteiger partial charge in [-0.1, -0.05) is 59.3 Å². The van der Waals surface area contributed by atoms with Crippen LogP contribution < -0.4 is 10.0 Å². The molecule has 5 nitrogen and oxygen atoms in total. The first-order valence-corrected chi connectivity index (χ1v) is 11.6. The van der Waals surface area contributed by atoms with Gasteiger partial charge in [0.05, 0.1) is 11.3 Å². The van der Waals surface area contributed by atoms with Gasteiger partial charge in [-0.3, -0.25) is 9.52 Å². The number of amides is 1. The third-order valence-electron chi connectivity index (χ3n) is 4.60. The largest absolute Gasteiger partial charge is 0.351 e. The number of anilines is 1. The summed E-state index contributed by atoms with van der Waals surface area (Å²) in [6.07, 6.45) is 0. The number of nitrogens with one attached hydrogen (secondary N) is 2. The molecule has 0 aliphatic heterocycles. The molecule has 3 aromatic carbocycles. The van der Waals surface area contributed by atoms with Crippen LogP contribution in [-0.2, 0) is 10.0 Å². The summed E-state index contributed by atoms with van der Waals surface area (Å²) in [5.41, 5.74) is 0.945. The fourth-order valence-corrected chi connectivity index (χ4v) is 4.55. The molecule has 31 heavy (non-hydrogen) atoms. The van der Waals surface area contributed by atoms with Crippen LogP contribution in [0.25, 0.3) is 0 Å². The molecule has 0 saturated heterocycles. The monoisotopic (exact) mass is 508 g/mol. The number of carbonyl (C=O) groups excluding carboxylic acids is 1. The summed E-state index contributed by atoms with van der Waals surface area (Å²) in [7, 11) is -4.62. The lowest BCUT2D eigenvalue weighted by Gasteiger charge is -2.16. The van der Waals surface area contributed by atoms with Crippen molar-refractivity contribution in [3.05, 3.63) is 94.0 Å². The van der Waals surface area contributed by atoms with Crippen molar-refractivity contribution in [3.63, 3.8) is 0 Å². The topological polar surface area (TPSA) is 75.3 Å². The van der Waals surface area contributed by atoms with E-state index in [1.165, 1.54) is 12.1 Å². The minimum absolute atomic E-state index is 0.0174. The highest BCUT2D eigenvalue weighted by Crippen LogP contribution is 2.27. The van der Waals surface area contributed by atoms with E-state index in [9.17, 15) is 22.0 Å². The van der Waals surface area contributed by atoms with Crippen molar-refractivity contribution in [2.24, 2.45) is 0 Å². The van der Waals surface area contributed by atoms with Gasteiger partial charge in [0.1, 0.15) is 11.6 Å². The van der Waals surface area contributed by atoms with E-state index >= 15 is 0 Å². The minimum Gasteiger partial charge on any atom is -0.351 e. The molecular weight excluding hydrogens is 490 g/mol. The quantitative estimate of drug-likeness (QED) is 0.468. The molecular formula is C22H19BrF2N2O3S. The second-order valence-corrected chi connectivity index (χ2v) is 9.40. The lowest BCUT2D eigenvalue weighted by atomic mass is 10.0. The fourth-order valence-electron chi connectivity index (χ4n) is 2.97. The number of hydrogen-bond donors (Lipinski definition) is 2. The Morgan fingerprint density at radius 3 is 2.29 bits per heavy atom. The maximum absolute atomic E-state index is 14.0. The maximum atomic E-state index is 14.0. The number of halogens is 3. The molecule has 9 heteroatoms. The van der Waals surface area contributed by atoms with Crippen LogP contribution in [0, 0.1) is 11.6 Å². The van der Waals surface area contributed by atoms with Gasteiger partial charge in [-0.05, 0) is 41.8 Å². The van der Waals surface area contributed by atoms with E-state index in [2.05, 4.69) is 26.0 Å². The third kappa shape index (κ3) is 5.48. The van der Waals surface area contributed by atoms with Gasteiger partial charge in [0.15, 0.2) is 4.90 Å². The smallest absolute Gasteiger partial charge is 0.267 e. The summed E-state index contributed by atoms with van der Waals surface area (Å²) < 4.78 is 55.9. The number of sulfonamides is 1. The van der Waals surface area contributed by atoms with Gasteiger partial charge in [-0.2, -0.15) is 0 Å². The van der Waals surface area contributed by atoms with Crippen LogP contribution >= 0.6 is 15.9 Å². The molecule has 1 atom stereocenters. The Kier molecular flexibility index (Phi) is 7.07. The molecule has 0 aliphatic carbocycles. The molecule has 2 N–H and O–H groups in total. The third-order valence-corrected chi connectivity index (χ3v) is 6.50. The minimum atomic E-state index is -4.62. The van der Waals surface area contributed by atoms with E-state index in [0.29, 0.717) is 11.0 Å². The van der Waals surface area contributed by atoms with Crippen LogP contribution in [0.5, 0.6) is 0 Å². The van der Waals surface area contributed by atoms with E-state index in [1.807, 2.05) is 37.3 Å². The molecule has 1 unspecified atom stereocenters. The van der Waals surface area contributed by atoms with Gasteiger partial charge >= 0.3 is 0 Å². The van der Waals surface area contributed by atoms with Crippen LogP contribution in [0.4, 0.5) is 14.5 Å². The Morgan fingerprint density at radius 2 is 1.65 bits per heavy atom. The second kappa shape index (κ2) is 9.57. The van der Waals surface area contributed by atoms with Crippen molar-refractivity contribution < 1.29 is 22.0 Å². The zero-order valence-corrected chi connectivity index (χ0v) is 18.8. The zero-order valence-electron chi connectivity index (χ0n) is 16.4. The molecule has 0 spiro atoms. The molecule has 0 fully saturated rings.